The van der Waals surface area contributed by atoms with E-state index in [0.29, 0.717) is 0 Å². The minimum atomic E-state index is 1.02. The zero-order valence-electron chi connectivity index (χ0n) is 6.97. The molecule has 2 nitrogen and oxygen atoms in total. The molecule has 1 aliphatic rings. The highest BCUT2D eigenvalue weighted by molar-refractivity contribution is 4.74. The van der Waals surface area contributed by atoms with Crippen molar-refractivity contribution in [3.05, 3.63) is 18.5 Å². The molecule has 1 saturated heterocycles. The molecule has 0 aromatic heterocycles. The van der Waals surface area contributed by atoms with Gasteiger partial charge in [0.2, 0.25) is 0 Å². The van der Waals surface area contributed by atoms with Gasteiger partial charge in [-0.1, -0.05) is 6.58 Å². The lowest BCUT2D eigenvalue weighted by molar-refractivity contribution is 0.342. The number of rotatable bonds is 4. The molecule has 0 bridgehead atoms. The summed E-state index contributed by atoms with van der Waals surface area (Å²) in [5.41, 5.74) is 2.69. The molecule has 1 heterocycles. The average Bonchev–Trinajstić information content (AvgIpc) is 2.50. The fraction of sp³-hybridized carbons (Fsp3) is 0.667. The van der Waals surface area contributed by atoms with Crippen LogP contribution in [0.15, 0.2) is 18.5 Å². The standard InChI is InChI=1S/C9H16N2/c1-2-5-10-6-9-11-7-3-4-8-11/h5,10H,1,3-4,6-9H2. The van der Waals surface area contributed by atoms with Crippen LogP contribution in [0.25, 0.3) is 0 Å². The Kier molecular flexibility index (Phi) is 3.81. The Morgan fingerprint density at radius 1 is 1.45 bits per heavy atom. The van der Waals surface area contributed by atoms with Gasteiger partial charge in [-0.3, -0.25) is 0 Å². The van der Waals surface area contributed by atoms with Gasteiger partial charge < -0.3 is 10.2 Å². The van der Waals surface area contributed by atoms with Crippen LogP contribution < -0.4 is 5.32 Å². The molecule has 0 aromatic rings. The van der Waals surface area contributed by atoms with Crippen LogP contribution in [0.5, 0.6) is 0 Å². The van der Waals surface area contributed by atoms with Gasteiger partial charge in [-0.25, -0.2) is 0 Å². The van der Waals surface area contributed by atoms with E-state index in [0.717, 1.165) is 13.1 Å². The predicted octanol–water partition coefficient (Wildman–Crippen LogP) is 0.970. The van der Waals surface area contributed by atoms with Gasteiger partial charge in [0.1, 0.15) is 0 Å². The summed E-state index contributed by atoms with van der Waals surface area (Å²) in [6, 6.07) is 0. The molecule has 11 heavy (non-hydrogen) atoms. The van der Waals surface area contributed by atoms with Gasteiger partial charge in [-0.15, -0.1) is 5.73 Å². The summed E-state index contributed by atoms with van der Waals surface area (Å²) in [6.07, 6.45) is 4.52. The third-order valence-electron chi connectivity index (χ3n) is 1.98. The molecule has 0 aliphatic carbocycles. The number of nitrogens with zero attached hydrogens (tertiary/aromatic N) is 1. The lowest BCUT2D eigenvalue weighted by Gasteiger charge is -2.13. The van der Waals surface area contributed by atoms with Crippen molar-refractivity contribution in [1.29, 1.82) is 0 Å². The Labute approximate surface area is 68.6 Å². The molecule has 0 atom stereocenters. The molecular formula is C9H16N2. The molecule has 0 amide bonds. The van der Waals surface area contributed by atoms with Crippen molar-refractivity contribution < 1.29 is 0 Å². The molecule has 0 spiro atoms. The first-order chi connectivity index (χ1) is 5.43. The lowest BCUT2D eigenvalue weighted by atomic mass is 10.4. The molecule has 0 unspecified atom stereocenters. The molecule has 1 aliphatic heterocycles. The van der Waals surface area contributed by atoms with E-state index in [4.69, 9.17) is 0 Å². The summed E-state index contributed by atoms with van der Waals surface area (Å²) in [7, 11) is 0. The van der Waals surface area contributed by atoms with Crippen LogP contribution >= 0.6 is 0 Å². The Morgan fingerprint density at radius 2 is 2.18 bits per heavy atom. The van der Waals surface area contributed by atoms with Gasteiger partial charge >= 0.3 is 0 Å². The number of hydrogen-bond donors (Lipinski definition) is 1. The maximum absolute atomic E-state index is 3.47. The molecule has 2 heteroatoms. The highest BCUT2D eigenvalue weighted by Crippen LogP contribution is 2.05. The second-order valence-electron chi connectivity index (χ2n) is 2.85. The minimum Gasteiger partial charge on any atom is -0.383 e. The Morgan fingerprint density at radius 3 is 2.82 bits per heavy atom. The predicted molar refractivity (Wildman–Crippen MR) is 47.4 cm³/mol. The first-order valence-corrected chi connectivity index (χ1v) is 4.23. The monoisotopic (exact) mass is 152 g/mol. The Balaban J connectivity index is 1.97. The number of hydrogen-bond acceptors (Lipinski definition) is 2. The first-order valence-electron chi connectivity index (χ1n) is 4.23. The van der Waals surface area contributed by atoms with E-state index in [9.17, 15) is 0 Å². The minimum absolute atomic E-state index is 1.02. The molecule has 0 aromatic carbocycles. The Hall–Kier alpha value is -0.720. The van der Waals surface area contributed by atoms with Crippen molar-refractivity contribution in [3.63, 3.8) is 0 Å². The maximum atomic E-state index is 3.47. The van der Waals surface area contributed by atoms with Gasteiger partial charge in [0, 0.05) is 19.3 Å². The normalized spacial score (nSPS) is 17.8. The smallest absolute Gasteiger partial charge is 0.0391 e. The van der Waals surface area contributed by atoms with E-state index >= 15 is 0 Å². The molecule has 1 N–H and O–H groups in total. The van der Waals surface area contributed by atoms with Crippen molar-refractivity contribution in [2.45, 2.75) is 12.8 Å². The highest BCUT2D eigenvalue weighted by atomic mass is 15.1. The largest absolute Gasteiger partial charge is 0.383 e. The summed E-state index contributed by atoms with van der Waals surface area (Å²) in [5.74, 6) is 0. The van der Waals surface area contributed by atoms with E-state index < -0.39 is 0 Å². The fourth-order valence-electron chi connectivity index (χ4n) is 1.37. The third kappa shape index (κ3) is 3.26. The van der Waals surface area contributed by atoms with E-state index in [1.165, 1.54) is 25.9 Å². The third-order valence-corrected chi connectivity index (χ3v) is 1.98. The Bertz CT molecular complexity index is 142. The van der Waals surface area contributed by atoms with Crippen LogP contribution in [-0.4, -0.2) is 31.1 Å². The zero-order valence-corrected chi connectivity index (χ0v) is 6.97. The van der Waals surface area contributed by atoms with E-state index in [-0.39, 0.29) is 0 Å². The second-order valence-corrected chi connectivity index (χ2v) is 2.85. The molecule has 1 fully saturated rings. The lowest BCUT2D eigenvalue weighted by Crippen LogP contribution is -2.27. The summed E-state index contributed by atoms with van der Waals surface area (Å²) in [4.78, 5) is 2.48. The topological polar surface area (TPSA) is 15.3 Å². The summed E-state index contributed by atoms with van der Waals surface area (Å²) in [5, 5.41) is 3.12. The van der Waals surface area contributed by atoms with Gasteiger partial charge in [0.25, 0.3) is 0 Å². The second kappa shape index (κ2) is 5.00. The van der Waals surface area contributed by atoms with Crippen molar-refractivity contribution >= 4 is 0 Å². The molecule has 0 radical (unpaired) electrons. The molecule has 1 rings (SSSR count). The summed E-state index contributed by atoms with van der Waals surface area (Å²) < 4.78 is 0. The van der Waals surface area contributed by atoms with Gasteiger partial charge in [0.15, 0.2) is 0 Å². The van der Waals surface area contributed by atoms with E-state index in [1.807, 2.05) is 0 Å². The number of nitrogens with one attached hydrogen (secondary N) is 1. The van der Waals surface area contributed by atoms with Crippen molar-refractivity contribution in [3.8, 4) is 0 Å². The zero-order chi connectivity index (χ0) is 7.94. The first kappa shape index (κ1) is 8.38. The van der Waals surface area contributed by atoms with Gasteiger partial charge in [0.05, 0.1) is 0 Å². The van der Waals surface area contributed by atoms with Crippen LogP contribution in [0.3, 0.4) is 0 Å². The highest BCUT2D eigenvalue weighted by Gasteiger charge is 2.09. The van der Waals surface area contributed by atoms with Crippen LogP contribution in [0.4, 0.5) is 0 Å². The van der Waals surface area contributed by atoms with Crippen LogP contribution in [0.1, 0.15) is 12.8 Å². The number of likely N-dealkylation sites (tertiary alicyclic amines) is 1. The fourth-order valence-corrected chi connectivity index (χ4v) is 1.37. The van der Waals surface area contributed by atoms with Gasteiger partial charge in [-0.2, -0.15) is 0 Å². The van der Waals surface area contributed by atoms with Crippen LogP contribution in [-0.2, 0) is 0 Å². The molecular weight excluding hydrogens is 136 g/mol. The van der Waals surface area contributed by atoms with E-state index in [2.05, 4.69) is 22.5 Å². The summed E-state index contributed by atoms with van der Waals surface area (Å²) >= 11 is 0. The average molecular weight is 152 g/mol. The van der Waals surface area contributed by atoms with E-state index in [1.54, 1.807) is 6.20 Å². The van der Waals surface area contributed by atoms with Crippen LogP contribution in [0, 0.1) is 0 Å². The quantitative estimate of drug-likeness (QED) is 0.477. The van der Waals surface area contributed by atoms with Crippen molar-refractivity contribution in [2.75, 3.05) is 26.2 Å². The molecule has 62 valence electrons. The van der Waals surface area contributed by atoms with Gasteiger partial charge in [-0.05, 0) is 25.9 Å². The van der Waals surface area contributed by atoms with Crippen LogP contribution in [0.2, 0.25) is 0 Å². The summed E-state index contributed by atoms with van der Waals surface area (Å²) in [6.45, 7) is 8.20. The molecule has 0 saturated carbocycles. The van der Waals surface area contributed by atoms with Crippen molar-refractivity contribution in [2.24, 2.45) is 0 Å². The SMILES string of the molecule is C=C=CNCCN1CCCC1. The maximum Gasteiger partial charge on any atom is 0.0391 e. The van der Waals surface area contributed by atoms with Crippen molar-refractivity contribution in [1.82, 2.24) is 10.2 Å².